The lowest BCUT2D eigenvalue weighted by molar-refractivity contribution is -0.200. The van der Waals surface area contributed by atoms with Gasteiger partial charge in [-0.2, -0.15) is 0 Å². The fraction of sp³-hybridized carbons (Fsp3) is 1.00. The van der Waals surface area contributed by atoms with Gasteiger partial charge in [-0.15, -0.1) is 0 Å². The molecule has 0 amide bonds. The van der Waals surface area contributed by atoms with Gasteiger partial charge in [-0.25, -0.2) is 0 Å². The van der Waals surface area contributed by atoms with Crippen molar-refractivity contribution in [2.45, 2.75) is 90.6 Å². The third-order valence-corrected chi connectivity index (χ3v) is 10.2. The molecule has 6 aliphatic carbocycles. The molecule has 4 nitrogen and oxygen atoms in total. The molecule has 8 fully saturated rings. The van der Waals surface area contributed by atoms with Crippen molar-refractivity contribution in [1.82, 2.24) is 0 Å². The second kappa shape index (κ2) is 4.58. The van der Waals surface area contributed by atoms with Crippen molar-refractivity contribution in [2.75, 3.05) is 0 Å². The monoisotopic (exact) mass is 358 g/mol. The molecule has 8 rings (SSSR count). The molecule has 2 aliphatic heterocycles. The van der Waals surface area contributed by atoms with Gasteiger partial charge in [-0.3, -0.25) is 0 Å². The molecule has 0 unspecified atom stereocenters. The van der Waals surface area contributed by atoms with E-state index in [1.807, 2.05) is 0 Å². The summed E-state index contributed by atoms with van der Waals surface area (Å²) >= 11 is 0. The van der Waals surface area contributed by atoms with Crippen molar-refractivity contribution in [1.29, 1.82) is 0 Å². The minimum atomic E-state index is -0.372. The Kier molecular flexibility index (Phi) is 2.97. The summed E-state index contributed by atoms with van der Waals surface area (Å²) in [5.74, 6) is 2.70. The third kappa shape index (κ3) is 1.71. The van der Waals surface area contributed by atoms with Gasteiger partial charge in [0.2, 0.25) is 0 Å². The molecule has 2 heterocycles. The fourth-order valence-electron chi connectivity index (χ4n) is 8.03. The van der Waals surface area contributed by atoms with E-state index in [2.05, 4.69) is 41.5 Å². The van der Waals surface area contributed by atoms with Crippen LogP contribution in [0.3, 0.4) is 0 Å². The Hall–Kier alpha value is -0.0301. The van der Waals surface area contributed by atoms with Crippen LogP contribution in [0.15, 0.2) is 0 Å². The van der Waals surface area contributed by atoms with Crippen LogP contribution in [0, 0.1) is 34.5 Å². The summed E-state index contributed by atoms with van der Waals surface area (Å²) in [5.41, 5.74) is 0.357. The second-order valence-electron chi connectivity index (χ2n) is 11.7. The highest BCUT2D eigenvalue weighted by molar-refractivity contribution is 7.11. The van der Waals surface area contributed by atoms with Crippen molar-refractivity contribution in [2.24, 2.45) is 34.5 Å². The van der Waals surface area contributed by atoms with E-state index in [0.29, 0.717) is 22.7 Å². The SMILES string of the molecule is CC1(C)[C@@H]2C[C@H]1[C@]1(C)OB(B3O[C@@H]4C[C@H]5C[C@H](C5(C)C)[C@]4(C)O3)O[C@@H]1C2. The first kappa shape index (κ1) is 16.9. The quantitative estimate of drug-likeness (QED) is 0.673. The Morgan fingerprint density at radius 2 is 1.00 bits per heavy atom. The summed E-state index contributed by atoms with van der Waals surface area (Å²) in [5, 5.41) is 0. The predicted octanol–water partition coefficient (Wildman–Crippen LogP) is 3.52. The lowest BCUT2D eigenvalue weighted by atomic mass is 9.43. The minimum Gasteiger partial charge on any atom is -0.407 e. The molecule has 6 heteroatoms. The Labute approximate surface area is 158 Å². The van der Waals surface area contributed by atoms with E-state index in [4.69, 9.17) is 18.6 Å². The van der Waals surface area contributed by atoms with Crippen molar-refractivity contribution < 1.29 is 18.6 Å². The Morgan fingerprint density at radius 3 is 1.35 bits per heavy atom. The third-order valence-electron chi connectivity index (χ3n) is 10.2. The lowest BCUT2D eigenvalue weighted by Crippen LogP contribution is -2.65. The summed E-state index contributed by atoms with van der Waals surface area (Å²) in [6.07, 6.45) is 5.17. The van der Waals surface area contributed by atoms with E-state index in [9.17, 15) is 0 Å². The topological polar surface area (TPSA) is 36.9 Å². The summed E-state index contributed by atoms with van der Waals surface area (Å²) in [6.45, 7) is 14.1. The van der Waals surface area contributed by atoms with Crippen LogP contribution >= 0.6 is 0 Å². The van der Waals surface area contributed by atoms with Crippen molar-refractivity contribution in [3.8, 4) is 0 Å². The van der Waals surface area contributed by atoms with E-state index in [1.54, 1.807) is 0 Å². The van der Waals surface area contributed by atoms with Gasteiger partial charge in [0.1, 0.15) is 0 Å². The van der Waals surface area contributed by atoms with Crippen LogP contribution in [-0.4, -0.2) is 37.4 Å². The predicted molar refractivity (Wildman–Crippen MR) is 100 cm³/mol. The van der Waals surface area contributed by atoms with Gasteiger partial charge in [0.05, 0.1) is 23.4 Å². The average molecular weight is 358 g/mol. The first-order valence-electron chi connectivity index (χ1n) is 10.7. The molecule has 0 aromatic carbocycles. The van der Waals surface area contributed by atoms with Crippen LogP contribution in [0.1, 0.15) is 67.2 Å². The van der Waals surface area contributed by atoms with Gasteiger partial charge in [0, 0.05) is 0 Å². The zero-order chi connectivity index (χ0) is 18.3. The zero-order valence-corrected chi connectivity index (χ0v) is 17.1. The van der Waals surface area contributed by atoms with Gasteiger partial charge < -0.3 is 18.6 Å². The molecule has 0 spiro atoms. The highest BCUT2D eigenvalue weighted by Gasteiger charge is 2.73. The van der Waals surface area contributed by atoms with Gasteiger partial charge in [0.25, 0.3) is 0 Å². The molecule has 0 N–H and O–H groups in total. The van der Waals surface area contributed by atoms with Crippen LogP contribution in [0.4, 0.5) is 0 Å². The van der Waals surface area contributed by atoms with Gasteiger partial charge in [-0.1, -0.05) is 27.7 Å². The van der Waals surface area contributed by atoms with Crippen molar-refractivity contribution in [3.05, 3.63) is 0 Å². The second-order valence-corrected chi connectivity index (χ2v) is 11.7. The van der Waals surface area contributed by atoms with Crippen molar-refractivity contribution in [3.63, 3.8) is 0 Å². The minimum absolute atomic E-state index is 0.189. The standard InChI is InChI=1S/C20H32B2O4/c1-17(2)11-7-13(17)19(5)15(9-11)23-21(25-19)22-24-16-10-12-8-14(18(12,3)4)20(16,6)26-22/h11-16H,7-10H2,1-6H3/t11-,12-,13-,14-,15-,16-,19+,20+/m1/s1. The first-order chi connectivity index (χ1) is 12.1. The maximum Gasteiger partial charge on any atom is 0.488 e. The normalized spacial score (nSPS) is 57.9. The van der Waals surface area contributed by atoms with Gasteiger partial charge in [-0.05, 0) is 74.0 Å². The fourth-order valence-corrected chi connectivity index (χ4v) is 8.03. The largest absolute Gasteiger partial charge is 0.488 e. The van der Waals surface area contributed by atoms with Crippen molar-refractivity contribution >= 4 is 14.0 Å². The molecule has 2 saturated heterocycles. The maximum absolute atomic E-state index is 6.60. The molecule has 8 aliphatic rings. The smallest absolute Gasteiger partial charge is 0.407 e. The summed E-state index contributed by atoms with van der Waals surface area (Å²) in [7, 11) is -0.745. The van der Waals surface area contributed by atoms with E-state index < -0.39 is 0 Å². The van der Waals surface area contributed by atoms with E-state index in [-0.39, 0.29) is 37.4 Å². The summed E-state index contributed by atoms with van der Waals surface area (Å²) in [6, 6.07) is 0. The molecule has 6 saturated carbocycles. The van der Waals surface area contributed by atoms with Crippen LogP contribution in [0.25, 0.3) is 0 Å². The van der Waals surface area contributed by atoms with E-state index in [0.717, 1.165) is 24.7 Å². The van der Waals surface area contributed by atoms with E-state index in [1.165, 1.54) is 12.8 Å². The Balaban J connectivity index is 1.24. The highest BCUT2D eigenvalue weighted by atomic mass is 16.7. The van der Waals surface area contributed by atoms with E-state index >= 15 is 0 Å². The molecule has 26 heavy (non-hydrogen) atoms. The molecule has 0 radical (unpaired) electrons. The van der Waals surface area contributed by atoms with Crippen LogP contribution < -0.4 is 0 Å². The first-order valence-corrected chi connectivity index (χ1v) is 10.7. The molecule has 0 aromatic heterocycles. The molecule has 8 atom stereocenters. The zero-order valence-electron chi connectivity index (χ0n) is 17.1. The molecule has 142 valence electrons. The number of rotatable bonds is 1. The van der Waals surface area contributed by atoms with Gasteiger partial charge in [0.15, 0.2) is 0 Å². The molecular formula is C20H32B2O4. The molecular weight excluding hydrogens is 326 g/mol. The average Bonchev–Trinajstić information content (AvgIpc) is 3.09. The maximum atomic E-state index is 6.60. The van der Waals surface area contributed by atoms with Gasteiger partial charge >= 0.3 is 14.0 Å². The molecule has 4 bridgehead atoms. The number of hydrogen-bond acceptors (Lipinski definition) is 4. The summed E-state index contributed by atoms with van der Waals surface area (Å²) < 4.78 is 26.1. The summed E-state index contributed by atoms with van der Waals surface area (Å²) in [4.78, 5) is 0. The lowest BCUT2D eigenvalue weighted by Gasteiger charge is -2.64. The number of hydrogen-bond donors (Lipinski definition) is 0. The molecule has 0 aromatic rings. The van der Waals surface area contributed by atoms with Crippen LogP contribution in [-0.2, 0) is 18.6 Å². The van der Waals surface area contributed by atoms with Crippen LogP contribution in [0.2, 0.25) is 0 Å². The Bertz CT molecular complexity index is 612. The Morgan fingerprint density at radius 1 is 0.615 bits per heavy atom. The van der Waals surface area contributed by atoms with Crippen LogP contribution in [0.5, 0.6) is 0 Å². The highest BCUT2D eigenvalue weighted by Crippen LogP contribution is 2.67.